The van der Waals surface area contributed by atoms with Gasteiger partial charge in [0.15, 0.2) is 5.54 Å². The van der Waals surface area contributed by atoms with Gasteiger partial charge in [-0.2, -0.15) is 0 Å². The maximum absolute atomic E-state index is 15.2. The van der Waals surface area contributed by atoms with Gasteiger partial charge in [0, 0.05) is 22.7 Å². The van der Waals surface area contributed by atoms with Gasteiger partial charge in [0.05, 0.1) is 43.6 Å². The number of hydrogen-bond donors (Lipinski definition) is 1. The molecular formula is C30H28ClN3O7S. The Balaban J connectivity index is 1.67. The van der Waals surface area contributed by atoms with Gasteiger partial charge in [-0.3, -0.25) is 9.69 Å². The van der Waals surface area contributed by atoms with Gasteiger partial charge in [0.1, 0.15) is 17.8 Å². The number of nitrogens with zero attached hydrogens (tertiary/aromatic N) is 3. The van der Waals surface area contributed by atoms with E-state index < -0.39 is 27.5 Å². The number of fused-ring (bicyclic) bond motifs is 1. The molecule has 2 atom stereocenters. The quantitative estimate of drug-likeness (QED) is 0.304. The van der Waals surface area contributed by atoms with Crippen LogP contribution < -0.4 is 13.8 Å². The zero-order chi connectivity index (χ0) is 29.6. The van der Waals surface area contributed by atoms with Gasteiger partial charge in [-0.05, 0) is 73.0 Å². The van der Waals surface area contributed by atoms with Crippen LogP contribution in [-0.4, -0.2) is 50.1 Å². The molecule has 2 aliphatic heterocycles. The number of carbonyl (C=O) groups is 1. The van der Waals surface area contributed by atoms with Crippen molar-refractivity contribution in [3.8, 4) is 11.5 Å². The van der Waals surface area contributed by atoms with Crippen molar-refractivity contribution in [2.24, 2.45) is 0 Å². The number of anilines is 1. The molecule has 12 heteroatoms. The molecule has 0 aliphatic carbocycles. The van der Waals surface area contributed by atoms with E-state index in [0.29, 0.717) is 58.5 Å². The molecule has 42 heavy (non-hydrogen) atoms. The Labute approximate surface area is 248 Å². The molecule has 3 heterocycles. The first kappa shape index (κ1) is 28.2. The normalized spacial score (nSPS) is 20.6. The summed E-state index contributed by atoms with van der Waals surface area (Å²) >= 11 is 6.56. The lowest BCUT2D eigenvalue weighted by Crippen LogP contribution is -2.54. The van der Waals surface area contributed by atoms with E-state index in [4.69, 9.17) is 25.5 Å². The van der Waals surface area contributed by atoms with Gasteiger partial charge < -0.3 is 19.0 Å². The average molecular weight is 610 g/mol. The molecular weight excluding hydrogens is 582 g/mol. The molecule has 1 saturated heterocycles. The Bertz CT molecular complexity index is 1750. The number of oxazole rings is 1. The number of benzene rings is 3. The van der Waals surface area contributed by atoms with Crippen molar-refractivity contribution in [1.29, 1.82) is 0 Å². The molecule has 0 spiro atoms. The SMILES string of the molecule is COc1ccc(S(=O)(=O)N2C(=O)C(c3cc(CO)ccc3OC)(N3CCCC3c3ncco3)c3cc(Cl)ccc32)cc1. The van der Waals surface area contributed by atoms with Gasteiger partial charge in [-0.1, -0.05) is 17.7 Å². The number of aliphatic hydroxyl groups is 1. The zero-order valence-electron chi connectivity index (χ0n) is 22.9. The van der Waals surface area contributed by atoms with Gasteiger partial charge >= 0.3 is 0 Å². The lowest BCUT2D eigenvalue weighted by molar-refractivity contribution is -0.127. The zero-order valence-corrected chi connectivity index (χ0v) is 24.4. The average Bonchev–Trinajstić information content (AvgIpc) is 3.75. The fraction of sp³-hybridized carbons (Fsp3) is 0.267. The molecule has 0 radical (unpaired) electrons. The number of aliphatic hydroxyl groups excluding tert-OH is 1. The van der Waals surface area contributed by atoms with E-state index in [9.17, 15) is 13.5 Å². The molecule has 2 aliphatic rings. The lowest BCUT2D eigenvalue weighted by Gasteiger charge is -2.41. The molecule has 1 amide bonds. The maximum Gasteiger partial charge on any atom is 0.271 e. The van der Waals surface area contributed by atoms with Crippen LogP contribution in [0.15, 0.2) is 82.4 Å². The van der Waals surface area contributed by atoms with E-state index in [0.717, 1.165) is 4.31 Å². The summed E-state index contributed by atoms with van der Waals surface area (Å²) in [5, 5.41) is 10.4. The van der Waals surface area contributed by atoms with Gasteiger partial charge in [-0.25, -0.2) is 17.7 Å². The van der Waals surface area contributed by atoms with Crippen LogP contribution in [0.4, 0.5) is 5.69 Å². The highest BCUT2D eigenvalue weighted by Gasteiger charge is 2.62. The standard InChI is InChI=1S/C30H28ClN3O7S/c1-39-21-7-9-22(10-8-21)42(37,38)34-25-11-6-20(31)17-23(25)30(29(34)36,24-16-19(18-35)5-12-27(24)40-2)33-14-3-4-26(33)28-32-13-15-41-28/h5-13,15-17,26,35H,3-4,14,18H2,1-2H3. The summed E-state index contributed by atoms with van der Waals surface area (Å²) in [6, 6.07) is 15.1. The highest BCUT2D eigenvalue weighted by atomic mass is 35.5. The second-order valence-corrected chi connectivity index (χ2v) is 12.3. The Morgan fingerprint density at radius 3 is 2.52 bits per heavy atom. The summed E-state index contributed by atoms with van der Waals surface area (Å²) in [4.78, 5) is 21.4. The Kier molecular flexibility index (Phi) is 7.22. The summed E-state index contributed by atoms with van der Waals surface area (Å²) in [5.74, 6) is 0.479. The molecule has 1 fully saturated rings. The molecule has 1 N–H and O–H groups in total. The number of ether oxygens (including phenoxy) is 2. The first-order chi connectivity index (χ1) is 20.3. The van der Waals surface area contributed by atoms with Crippen LogP contribution in [0.1, 0.15) is 41.5 Å². The maximum atomic E-state index is 15.2. The smallest absolute Gasteiger partial charge is 0.271 e. The van der Waals surface area contributed by atoms with E-state index in [1.165, 1.54) is 57.0 Å². The Hall–Kier alpha value is -3.90. The predicted molar refractivity (Wildman–Crippen MR) is 154 cm³/mol. The fourth-order valence-corrected chi connectivity index (χ4v) is 7.72. The van der Waals surface area contributed by atoms with E-state index in [1.807, 2.05) is 4.90 Å². The largest absolute Gasteiger partial charge is 0.497 e. The van der Waals surface area contributed by atoms with Crippen molar-refractivity contribution < 1.29 is 32.2 Å². The molecule has 218 valence electrons. The monoisotopic (exact) mass is 609 g/mol. The predicted octanol–water partition coefficient (Wildman–Crippen LogP) is 4.65. The van der Waals surface area contributed by atoms with E-state index in [-0.39, 0.29) is 17.2 Å². The van der Waals surface area contributed by atoms with Gasteiger partial charge in [0.2, 0.25) is 5.89 Å². The minimum Gasteiger partial charge on any atom is -0.497 e. The third kappa shape index (κ3) is 4.18. The summed E-state index contributed by atoms with van der Waals surface area (Å²) in [7, 11) is -1.47. The summed E-state index contributed by atoms with van der Waals surface area (Å²) in [5.41, 5.74) is -0.314. The van der Waals surface area contributed by atoms with Gasteiger partial charge in [0.25, 0.3) is 15.9 Å². The lowest BCUT2D eigenvalue weighted by atomic mass is 9.80. The number of sulfonamides is 1. The van der Waals surface area contributed by atoms with Crippen LogP contribution in [0, 0.1) is 0 Å². The first-order valence-corrected chi connectivity index (χ1v) is 15.1. The number of carbonyl (C=O) groups excluding carboxylic acids is 1. The van der Waals surface area contributed by atoms with Crippen LogP contribution >= 0.6 is 11.6 Å². The number of likely N-dealkylation sites (tertiary alicyclic amines) is 1. The highest BCUT2D eigenvalue weighted by molar-refractivity contribution is 7.93. The van der Waals surface area contributed by atoms with E-state index in [2.05, 4.69) is 4.98 Å². The molecule has 1 aromatic heterocycles. The van der Waals surface area contributed by atoms with E-state index in [1.54, 1.807) is 30.3 Å². The molecule has 6 rings (SSSR count). The van der Waals surface area contributed by atoms with E-state index >= 15 is 4.79 Å². The molecule has 0 saturated carbocycles. The summed E-state index contributed by atoms with van der Waals surface area (Å²) in [6.45, 7) is 0.106. The molecule has 2 unspecified atom stereocenters. The fourth-order valence-electron chi connectivity index (χ4n) is 6.09. The molecule has 3 aromatic carbocycles. The van der Waals surface area contributed by atoms with Crippen molar-refractivity contribution in [2.45, 2.75) is 35.9 Å². The molecule has 4 aromatic rings. The number of methoxy groups -OCH3 is 2. The second-order valence-electron chi connectivity index (χ2n) is 10.0. The molecule has 10 nitrogen and oxygen atoms in total. The third-order valence-electron chi connectivity index (χ3n) is 7.92. The van der Waals surface area contributed by atoms with Crippen LogP contribution in [0.3, 0.4) is 0 Å². The third-order valence-corrected chi connectivity index (χ3v) is 9.86. The minimum absolute atomic E-state index is 0.0879. The summed E-state index contributed by atoms with van der Waals surface area (Å²) in [6.07, 6.45) is 4.30. The first-order valence-electron chi connectivity index (χ1n) is 13.3. The Morgan fingerprint density at radius 1 is 1.07 bits per heavy atom. The Morgan fingerprint density at radius 2 is 1.86 bits per heavy atom. The van der Waals surface area contributed by atoms with Gasteiger partial charge in [-0.15, -0.1) is 0 Å². The topological polar surface area (TPSA) is 122 Å². The van der Waals surface area contributed by atoms with Crippen molar-refractivity contribution in [3.05, 3.63) is 101 Å². The van der Waals surface area contributed by atoms with Crippen LogP contribution in [-0.2, 0) is 27.0 Å². The van der Waals surface area contributed by atoms with Crippen LogP contribution in [0.2, 0.25) is 5.02 Å². The van der Waals surface area contributed by atoms with Crippen molar-refractivity contribution >= 4 is 33.2 Å². The minimum atomic E-state index is -4.43. The van der Waals surface area contributed by atoms with Crippen LogP contribution in [0.25, 0.3) is 0 Å². The van der Waals surface area contributed by atoms with Crippen molar-refractivity contribution in [2.75, 3.05) is 25.1 Å². The summed E-state index contributed by atoms with van der Waals surface area (Å²) < 4.78 is 46.2. The number of hydrogen-bond acceptors (Lipinski definition) is 9. The number of aromatic nitrogens is 1. The van der Waals surface area contributed by atoms with Crippen molar-refractivity contribution in [3.63, 3.8) is 0 Å². The van der Waals surface area contributed by atoms with Crippen molar-refractivity contribution in [1.82, 2.24) is 9.88 Å². The number of rotatable bonds is 8. The number of amides is 1. The number of halogens is 1. The molecule has 0 bridgehead atoms. The second kappa shape index (κ2) is 10.7. The highest BCUT2D eigenvalue weighted by Crippen LogP contribution is 2.56. The van der Waals surface area contributed by atoms with Crippen LogP contribution in [0.5, 0.6) is 11.5 Å².